The van der Waals surface area contributed by atoms with Gasteiger partial charge < -0.3 is 10.7 Å². The van der Waals surface area contributed by atoms with Crippen LogP contribution in [-0.2, 0) is 0 Å². The fourth-order valence-corrected chi connectivity index (χ4v) is 3.07. The number of thioether (sulfide) groups is 1. The van der Waals surface area contributed by atoms with E-state index in [-0.39, 0.29) is 5.91 Å². The monoisotopic (exact) mass is 252 g/mol. The summed E-state index contributed by atoms with van der Waals surface area (Å²) in [5.41, 5.74) is 3.56. The van der Waals surface area contributed by atoms with E-state index in [1.807, 2.05) is 11.8 Å². The Kier molecular flexibility index (Phi) is 4.22. The van der Waals surface area contributed by atoms with E-state index in [2.05, 4.69) is 15.7 Å². The third kappa shape index (κ3) is 3.10. The number of rotatable bonds is 4. The maximum absolute atomic E-state index is 11.9. The van der Waals surface area contributed by atoms with Crippen molar-refractivity contribution in [3.8, 4) is 0 Å². The van der Waals surface area contributed by atoms with Crippen LogP contribution < -0.4 is 16.6 Å². The van der Waals surface area contributed by atoms with Crippen LogP contribution in [0.25, 0.3) is 0 Å². The average molecular weight is 252 g/mol. The standard InChI is InChI=1S/C11H16N4OS/c12-15-10-6-13-3-1-9(10)11(16)14-5-8-2-4-17-7-8/h1,3,6,8,15H,2,4-5,7,12H2,(H,14,16). The molecule has 1 unspecified atom stereocenters. The number of carbonyl (C=O) groups is 1. The molecule has 1 atom stereocenters. The second kappa shape index (κ2) is 5.88. The fourth-order valence-electron chi connectivity index (χ4n) is 1.78. The van der Waals surface area contributed by atoms with Crippen LogP contribution in [0.15, 0.2) is 18.5 Å². The Labute approximate surface area is 105 Å². The lowest BCUT2D eigenvalue weighted by Gasteiger charge is -2.11. The molecule has 0 radical (unpaired) electrons. The molecular formula is C11H16N4OS. The molecule has 5 nitrogen and oxygen atoms in total. The van der Waals surface area contributed by atoms with E-state index in [4.69, 9.17) is 5.84 Å². The first-order chi connectivity index (χ1) is 8.31. The normalized spacial score (nSPS) is 19.0. The van der Waals surface area contributed by atoms with Crippen LogP contribution >= 0.6 is 11.8 Å². The average Bonchev–Trinajstić information content (AvgIpc) is 2.89. The van der Waals surface area contributed by atoms with Crippen LogP contribution in [0.5, 0.6) is 0 Å². The van der Waals surface area contributed by atoms with Gasteiger partial charge in [0.05, 0.1) is 17.4 Å². The largest absolute Gasteiger partial charge is 0.352 e. The predicted molar refractivity (Wildman–Crippen MR) is 69.8 cm³/mol. The summed E-state index contributed by atoms with van der Waals surface area (Å²) in [6, 6.07) is 1.66. The third-order valence-electron chi connectivity index (χ3n) is 2.80. The van der Waals surface area contributed by atoms with Gasteiger partial charge >= 0.3 is 0 Å². The Hall–Kier alpha value is -1.27. The number of carbonyl (C=O) groups excluding carboxylic acids is 1. The highest BCUT2D eigenvalue weighted by Crippen LogP contribution is 2.22. The Bertz CT molecular complexity index is 393. The topological polar surface area (TPSA) is 80.0 Å². The summed E-state index contributed by atoms with van der Waals surface area (Å²) in [6.07, 6.45) is 4.31. The lowest BCUT2D eigenvalue weighted by molar-refractivity contribution is 0.0949. The molecule has 1 aromatic rings. The first-order valence-corrected chi connectivity index (χ1v) is 6.73. The second-order valence-electron chi connectivity index (χ2n) is 4.01. The van der Waals surface area contributed by atoms with Gasteiger partial charge in [-0.15, -0.1) is 0 Å². The van der Waals surface area contributed by atoms with Crippen LogP contribution in [0, 0.1) is 5.92 Å². The van der Waals surface area contributed by atoms with Crippen molar-refractivity contribution >= 4 is 23.4 Å². The first-order valence-electron chi connectivity index (χ1n) is 5.58. The van der Waals surface area contributed by atoms with Crippen LogP contribution in [0.2, 0.25) is 0 Å². The Morgan fingerprint density at radius 1 is 1.65 bits per heavy atom. The third-order valence-corrected chi connectivity index (χ3v) is 4.03. The minimum Gasteiger partial charge on any atom is -0.352 e. The minimum atomic E-state index is -0.0998. The van der Waals surface area contributed by atoms with E-state index in [0.29, 0.717) is 17.2 Å². The van der Waals surface area contributed by atoms with Gasteiger partial charge in [0.15, 0.2) is 0 Å². The van der Waals surface area contributed by atoms with Crippen molar-refractivity contribution in [3.05, 3.63) is 24.0 Å². The quantitative estimate of drug-likeness (QED) is 0.547. The molecule has 0 spiro atoms. The number of nitrogens with zero attached hydrogens (tertiary/aromatic N) is 1. The van der Waals surface area contributed by atoms with E-state index in [1.165, 1.54) is 12.2 Å². The number of pyridine rings is 1. The summed E-state index contributed by atoms with van der Waals surface area (Å²) in [7, 11) is 0. The van der Waals surface area contributed by atoms with Gasteiger partial charge in [-0.25, -0.2) is 0 Å². The summed E-state index contributed by atoms with van der Waals surface area (Å²) in [6.45, 7) is 0.734. The maximum Gasteiger partial charge on any atom is 0.253 e. The Morgan fingerprint density at radius 3 is 3.24 bits per heavy atom. The van der Waals surface area contributed by atoms with Crippen molar-refractivity contribution in [1.82, 2.24) is 10.3 Å². The molecule has 4 N–H and O–H groups in total. The van der Waals surface area contributed by atoms with E-state index in [0.717, 1.165) is 12.3 Å². The fraction of sp³-hybridized carbons (Fsp3) is 0.455. The molecule has 1 fully saturated rings. The van der Waals surface area contributed by atoms with Crippen molar-refractivity contribution in [2.75, 3.05) is 23.5 Å². The van der Waals surface area contributed by atoms with E-state index < -0.39 is 0 Å². The van der Waals surface area contributed by atoms with Crippen LogP contribution in [-0.4, -0.2) is 28.9 Å². The molecule has 1 aliphatic rings. The SMILES string of the molecule is NNc1cnccc1C(=O)NCC1CCSC1. The van der Waals surface area contributed by atoms with Gasteiger partial charge in [-0.05, 0) is 29.9 Å². The highest BCUT2D eigenvalue weighted by Gasteiger charge is 2.17. The highest BCUT2D eigenvalue weighted by atomic mass is 32.2. The van der Waals surface area contributed by atoms with Gasteiger partial charge in [-0.3, -0.25) is 15.6 Å². The molecule has 1 amide bonds. The smallest absolute Gasteiger partial charge is 0.253 e. The number of amides is 1. The number of nitrogen functional groups attached to an aromatic ring is 1. The van der Waals surface area contributed by atoms with Crippen LogP contribution in [0.4, 0.5) is 5.69 Å². The summed E-state index contributed by atoms with van der Waals surface area (Å²) in [5.74, 6) is 8.17. The molecule has 0 aliphatic carbocycles. The van der Waals surface area contributed by atoms with Gasteiger partial charge in [0, 0.05) is 12.7 Å². The molecule has 0 bridgehead atoms. The molecule has 1 saturated heterocycles. The first kappa shape index (κ1) is 12.2. The van der Waals surface area contributed by atoms with E-state index in [1.54, 1.807) is 18.5 Å². The van der Waals surface area contributed by atoms with Crippen molar-refractivity contribution in [3.63, 3.8) is 0 Å². The lowest BCUT2D eigenvalue weighted by Crippen LogP contribution is -2.30. The zero-order valence-corrected chi connectivity index (χ0v) is 10.3. The molecule has 0 saturated carbocycles. The number of nitrogens with one attached hydrogen (secondary N) is 2. The van der Waals surface area contributed by atoms with E-state index in [9.17, 15) is 4.79 Å². The van der Waals surface area contributed by atoms with Gasteiger partial charge in [0.2, 0.25) is 0 Å². The second-order valence-corrected chi connectivity index (χ2v) is 5.16. The number of hydrazine groups is 1. The summed E-state index contributed by atoms with van der Waals surface area (Å²) in [5, 5.41) is 2.94. The molecule has 1 aromatic heterocycles. The lowest BCUT2D eigenvalue weighted by atomic mass is 10.1. The molecule has 2 rings (SSSR count). The van der Waals surface area contributed by atoms with Crippen LogP contribution in [0.1, 0.15) is 16.8 Å². The summed E-state index contributed by atoms with van der Waals surface area (Å²) in [4.78, 5) is 15.9. The van der Waals surface area contributed by atoms with Crippen molar-refractivity contribution in [2.45, 2.75) is 6.42 Å². The molecule has 17 heavy (non-hydrogen) atoms. The van der Waals surface area contributed by atoms with Crippen LogP contribution in [0.3, 0.4) is 0 Å². The number of nitrogens with two attached hydrogens (primary N) is 1. The minimum absolute atomic E-state index is 0.0998. The number of hydrogen-bond acceptors (Lipinski definition) is 5. The molecule has 6 heteroatoms. The summed E-state index contributed by atoms with van der Waals surface area (Å²) < 4.78 is 0. The number of aromatic nitrogens is 1. The van der Waals surface area contributed by atoms with Crippen molar-refractivity contribution in [2.24, 2.45) is 11.8 Å². The van der Waals surface area contributed by atoms with Gasteiger partial charge in [0.1, 0.15) is 0 Å². The molecular weight excluding hydrogens is 236 g/mol. The molecule has 1 aliphatic heterocycles. The molecule has 0 aromatic carbocycles. The predicted octanol–water partition coefficient (Wildman–Crippen LogP) is 0.850. The van der Waals surface area contributed by atoms with Crippen molar-refractivity contribution < 1.29 is 4.79 Å². The number of hydrogen-bond donors (Lipinski definition) is 3. The van der Waals surface area contributed by atoms with Gasteiger partial charge in [0.25, 0.3) is 5.91 Å². The summed E-state index contributed by atoms with van der Waals surface area (Å²) >= 11 is 1.94. The maximum atomic E-state index is 11.9. The molecule has 92 valence electrons. The van der Waals surface area contributed by atoms with E-state index >= 15 is 0 Å². The molecule has 2 heterocycles. The number of anilines is 1. The zero-order valence-electron chi connectivity index (χ0n) is 9.48. The highest BCUT2D eigenvalue weighted by molar-refractivity contribution is 7.99. The van der Waals surface area contributed by atoms with Gasteiger partial charge in [-0.2, -0.15) is 11.8 Å². The van der Waals surface area contributed by atoms with Gasteiger partial charge in [-0.1, -0.05) is 0 Å². The van der Waals surface area contributed by atoms with Crippen molar-refractivity contribution in [1.29, 1.82) is 0 Å². The Balaban J connectivity index is 1.94. The Morgan fingerprint density at radius 2 is 2.53 bits per heavy atom. The zero-order chi connectivity index (χ0) is 12.1.